The molecule has 0 bridgehead atoms. The van der Waals surface area contributed by atoms with Gasteiger partial charge in [-0.05, 0) is 43.6 Å². The molecule has 0 fully saturated rings. The number of unbranched alkanes of at least 4 members (excludes halogenated alkanes) is 2. The summed E-state index contributed by atoms with van der Waals surface area (Å²) in [6.45, 7) is 13.7. The molecule has 0 saturated carbocycles. The van der Waals surface area contributed by atoms with E-state index >= 15 is 0 Å². The lowest BCUT2D eigenvalue weighted by Gasteiger charge is -2.17. The maximum atomic E-state index is 4.45. The molecule has 1 aromatic rings. The van der Waals surface area contributed by atoms with Crippen molar-refractivity contribution in [2.45, 2.75) is 85.5 Å². The summed E-state index contributed by atoms with van der Waals surface area (Å²) in [5.74, 6) is 1.53. The summed E-state index contributed by atoms with van der Waals surface area (Å²) in [5, 5.41) is 2.76. The minimum absolute atomic E-state index is 0.654. The number of aromatic nitrogens is 1. The molecular formula is C23H37N. The molecular weight excluding hydrogens is 290 g/mol. The Bertz CT molecular complexity index is 646. The van der Waals surface area contributed by atoms with E-state index in [2.05, 4.69) is 51.5 Å². The average Bonchev–Trinajstić information content (AvgIpc) is 3.01. The third-order valence-electron chi connectivity index (χ3n) is 5.87. The molecule has 1 aliphatic carbocycles. The molecule has 0 saturated heterocycles. The molecule has 2 unspecified atom stereocenters. The minimum atomic E-state index is 0.654. The predicted octanol–water partition coefficient (Wildman–Crippen LogP) is 5.80. The van der Waals surface area contributed by atoms with E-state index < -0.39 is 0 Å². The smallest absolute Gasteiger partial charge is 0.0419 e. The Hall–Kier alpha value is -1.24. The van der Waals surface area contributed by atoms with E-state index in [0.29, 0.717) is 5.92 Å². The van der Waals surface area contributed by atoms with Crippen LogP contribution in [-0.2, 0) is 0 Å². The predicted molar refractivity (Wildman–Crippen MR) is 108 cm³/mol. The molecule has 2 rings (SSSR count). The summed E-state index contributed by atoms with van der Waals surface area (Å²) in [4.78, 5) is 3.48. The molecule has 1 N–H and O–H groups in total. The Labute approximate surface area is 148 Å². The number of hydrogen-bond donors (Lipinski definition) is 1. The molecule has 1 nitrogen and oxygen atoms in total. The summed E-state index contributed by atoms with van der Waals surface area (Å²) in [6.07, 6.45) is 16.3. The van der Waals surface area contributed by atoms with Gasteiger partial charge in [-0.2, -0.15) is 0 Å². The van der Waals surface area contributed by atoms with Crippen molar-refractivity contribution in [2.75, 3.05) is 0 Å². The van der Waals surface area contributed by atoms with Gasteiger partial charge in [0.25, 0.3) is 0 Å². The van der Waals surface area contributed by atoms with Crippen molar-refractivity contribution in [2.24, 2.45) is 11.8 Å². The first kappa shape index (κ1) is 19.1. The van der Waals surface area contributed by atoms with Crippen LogP contribution < -0.4 is 10.6 Å². The number of rotatable bonds is 10. The molecule has 0 amide bonds. The van der Waals surface area contributed by atoms with Gasteiger partial charge in [0.2, 0.25) is 0 Å². The van der Waals surface area contributed by atoms with E-state index in [1.165, 1.54) is 72.2 Å². The van der Waals surface area contributed by atoms with E-state index in [4.69, 9.17) is 0 Å². The van der Waals surface area contributed by atoms with Crippen molar-refractivity contribution in [3.05, 3.63) is 28.9 Å². The van der Waals surface area contributed by atoms with Gasteiger partial charge in [0.05, 0.1) is 0 Å². The van der Waals surface area contributed by atoms with Crippen LogP contribution in [-0.4, -0.2) is 4.98 Å². The highest BCUT2D eigenvalue weighted by Gasteiger charge is 2.15. The van der Waals surface area contributed by atoms with Crippen LogP contribution in [0.25, 0.3) is 17.2 Å². The fourth-order valence-electron chi connectivity index (χ4n) is 4.06. The summed E-state index contributed by atoms with van der Waals surface area (Å²) in [5.41, 5.74) is 4.22. The molecule has 0 radical (unpaired) electrons. The Kier molecular flexibility index (Phi) is 7.40. The first-order valence-electron chi connectivity index (χ1n) is 10.1. The number of nitrogens with one attached hydrogen (secondary N) is 1. The maximum absolute atomic E-state index is 4.45. The van der Waals surface area contributed by atoms with Crippen molar-refractivity contribution in [3.63, 3.8) is 0 Å². The Morgan fingerprint density at radius 2 is 2.00 bits per heavy atom. The normalized spacial score (nSPS) is 18.2. The van der Waals surface area contributed by atoms with E-state index in [1.54, 1.807) is 0 Å². The topological polar surface area (TPSA) is 15.8 Å². The third-order valence-corrected chi connectivity index (χ3v) is 5.87. The Balaban J connectivity index is 2.04. The number of allylic oxidation sites excluding steroid dienone is 1. The fraction of sp³-hybridized carbons (Fsp3) is 0.652. The highest BCUT2D eigenvalue weighted by atomic mass is 14.7. The van der Waals surface area contributed by atoms with Crippen molar-refractivity contribution in [1.82, 2.24) is 4.98 Å². The van der Waals surface area contributed by atoms with Crippen LogP contribution in [0, 0.1) is 11.8 Å². The molecule has 1 heteroatoms. The largest absolute Gasteiger partial charge is 0.361 e. The molecule has 1 heterocycles. The van der Waals surface area contributed by atoms with Gasteiger partial charge in [-0.3, -0.25) is 0 Å². The lowest BCUT2D eigenvalue weighted by Crippen LogP contribution is -2.32. The van der Waals surface area contributed by atoms with E-state index in [-0.39, 0.29) is 0 Å². The van der Waals surface area contributed by atoms with Gasteiger partial charge in [-0.25, -0.2) is 0 Å². The van der Waals surface area contributed by atoms with E-state index in [1.807, 2.05) is 0 Å². The van der Waals surface area contributed by atoms with Gasteiger partial charge in [-0.1, -0.05) is 77.5 Å². The molecule has 0 aromatic carbocycles. The third kappa shape index (κ3) is 4.65. The molecule has 134 valence electrons. The second-order valence-electron chi connectivity index (χ2n) is 7.81. The fourth-order valence-corrected chi connectivity index (χ4v) is 4.06. The Morgan fingerprint density at radius 1 is 1.21 bits per heavy atom. The summed E-state index contributed by atoms with van der Waals surface area (Å²) in [6, 6.07) is 0. The minimum Gasteiger partial charge on any atom is -0.361 e. The first-order valence-corrected chi connectivity index (χ1v) is 10.1. The summed E-state index contributed by atoms with van der Waals surface area (Å²) in [7, 11) is 0. The summed E-state index contributed by atoms with van der Waals surface area (Å²) >= 11 is 0. The van der Waals surface area contributed by atoms with Gasteiger partial charge in [0, 0.05) is 22.3 Å². The van der Waals surface area contributed by atoms with Gasteiger partial charge >= 0.3 is 0 Å². The second kappa shape index (κ2) is 9.30. The summed E-state index contributed by atoms with van der Waals surface area (Å²) < 4.78 is 0. The zero-order valence-electron chi connectivity index (χ0n) is 16.4. The van der Waals surface area contributed by atoms with Crippen LogP contribution in [0.5, 0.6) is 0 Å². The van der Waals surface area contributed by atoms with Crippen molar-refractivity contribution in [3.8, 4) is 0 Å². The quantitative estimate of drug-likeness (QED) is 0.523. The SMILES string of the molecule is C=C(CCC(CCC)CCCCC)c1c[nH]c2c1=C(C)C(C)CC=2. The maximum Gasteiger partial charge on any atom is 0.0419 e. The van der Waals surface area contributed by atoms with Crippen LogP contribution in [0.2, 0.25) is 0 Å². The molecule has 1 aromatic heterocycles. The zero-order chi connectivity index (χ0) is 17.5. The van der Waals surface area contributed by atoms with Crippen LogP contribution in [0.4, 0.5) is 0 Å². The molecule has 0 aliphatic heterocycles. The van der Waals surface area contributed by atoms with Crippen molar-refractivity contribution >= 4 is 17.2 Å². The molecule has 2 atom stereocenters. The number of hydrogen-bond acceptors (Lipinski definition) is 0. The average molecular weight is 328 g/mol. The lowest BCUT2D eigenvalue weighted by molar-refractivity contribution is 0.402. The van der Waals surface area contributed by atoms with E-state index in [0.717, 1.165) is 18.8 Å². The van der Waals surface area contributed by atoms with Crippen LogP contribution >= 0.6 is 0 Å². The molecule has 0 spiro atoms. The van der Waals surface area contributed by atoms with Gasteiger partial charge in [0.1, 0.15) is 0 Å². The highest BCUT2D eigenvalue weighted by molar-refractivity contribution is 5.68. The number of H-pyrrole nitrogens is 1. The molecule has 24 heavy (non-hydrogen) atoms. The van der Waals surface area contributed by atoms with Crippen LogP contribution in [0.1, 0.15) is 91.0 Å². The van der Waals surface area contributed by atoms with Crippen molar-refractivity contribution < 1.29 is 0 Å². The molecule has 1 aliphatic rings. The first-order chi connectivity index (χ1) is 11.6. The highest BCUT2D eigenvalue weighted by Crippen LogP contribution is 2.26. The van der Waals surface area contributed by atoms with Crippen LogP contribution in [0.15, 0.2) is 12.8 Å². The van der Waals surface area contributed by atoms with Crippen molar-refractivity contribution in [1.29, 1.82) is 0 Å². The van der Waals surface area contributed by atoms with Gasteiger partial charge in [-0.15, -0.1) is 0 Å². The number of aromatic amines is 1. The zero-order valence-corrected chi connectivity index (χ0v) is 16.4. The number of fused-ring (bicyclic) bond motifs is 1. The standard InChI is InChI=1S/C23H37N/c1-6-8-9-11-20(10-7-2)14-12-18(4)21-16-24-22-15-13-17(3)19(5)23(21)22/h15-17,20,24H,4,6-14H2,1-3,5H3. The van der Waals surface area contributed by atoms with Crippen LogP contribution in [0.3, 0.4) is 0 Å². The van der Waals surface area contributed by atoms with Gasteiger partial charge < -0.3 is 4.98 Å². The lowest BCUT2D eigenvalue weighted by atomic mass is 9.87. The van der Waals surface area contributed by atoms with E-state index in [9.17, 15) is 0 Å². The monoisotopic (exact) mass is 327 g/mol. The van der Waals surface area contributed by atoms with Gasteiger partial charge in [0.15, 0.2) is 0 Å². The second-order valence-corrected chi connectivity index (χ2v) is 7.81. The Morgan fingerprint density at radius 3 is 2.71 bits per heavy atom.